The van der Waals surface area contributed by atoms with E-state index in [2.05, 4.69) is 9.98 Å². The molecule has 0 saturated heterocycles. The average molecular weight is 479 g/mol. The average Bonchev–Trinajstić information content (AvgIpc) is 3.59. The fraction of sp³-hybridized carbons (Fsp3) is 0.286. The summed E-state index contributed by atoms with van der Waals surface area (Å²) in [6, 6.07) is 14.2. The van der Waals surface area contributed by atoms with Crippen molar-refractivity contribution in [1.29, 1.82) is 0 Å². The van der Waals surface area contributed by atoms with Gasteiger partial charge in [0.15, 0.2) is 11.5 Å². The van der Waals surface area contributed by atoms with E-state index in [4.69, 9.17) is 9.47 Å². The molecule has 0 aliphatic carbocycles. The van der Waals surface area contributed by atoms with Gasteiger partial charge in [-0.1, -0.05) is 30.3 Å². The minimum atomic E-state index is -0.720. The molecule has 2 heterocycles. The maximum Gasteiger partial charge on any atom is 0.206 e. The number of hydrogen-bond acceptors (Lipinski definition) is 4. The fourth-order valence-electron chi connectivity index (χ4n) is 4.26. The highest BCUT2D eigenvalue weighted by Gasteiger charge is 2.16. The molecule has 35 heavy (non-hydrogen) atoms. The molecule has 0 N–H and O–H groups in total. The zero-order chi connectivity index (χ0) is 24.2. The molecule has 2 aliphatic heterocycles. The minimum absolute atomic E-state index is 0.0683. The highest BCUT2D eigenvalue weighted by molar-refractivity contribution is 6.02. The number of nitrogens with zero attached hydrogens (tertiary/aromatic N) is 2. The summed E-state index contributed by atoms with van der Waals surface area (Å²) in [7, 11) is 0. The Hall–Kier alpha value is -3.61. The zero-order valence-corrected chi connectivity index (χ0v) is 19.2. The van der Waals surface area contributed by atoms with Crippen molar-refractivity contribution in [1.82, 2.24) is 0 Å². The van der Waals surface area contributed by atoms with Crippen molar-refractivity contribution in [2.75, 3.05) is 13.1 Å². The first-order chi connectivity index (χ1) is 17.1. The van der Waals surface area contributed by atoms with Crippen LogP contribution in [0.1, 0.15) is 47.9 Å². The number of halogens is 3. The lowest BCUT2D eigenvalue weighted by Crippen LogP contribution is -2.05. The van der Waals surface area contributed by atoms with Crippen LogP contribution in [0.15, 0.2) is 64.6 Å². The number of ether oxygens (including phenoxy) is 2. The molecule has 4 nitrogen and oxygen atoms in total. The van der Waals surface area contributed by atoms with E-state index in [-0.39, 0.29) is 24.7 Å². The minimum Gasteiger partial charge on any atom is -0.486 e. The van der Waals surface area contributed by atoms with Gasteiger partial charge in [0.05, 0.1) is 0 Å². The molecule has 5 rings (SSSR count). The van der Waals surface area contributed by atoms with Crippen LogP contribution in [-0.2, 0) is 13.2 Å². The summed E-state index contributed by atoms with van der Waals surface area (Å²) in [5, 5.41) is 0. The Morgan fingerprint density at radius 1 is 0.657 bits per heavy atom. The molecule has 7 heteroatoms. The van der Waals surface area contributed by atoms with Crippen molar-refractivity contribution < 1.29 is 22.6 Å². The predicted octanol–water partition coefficient (Wildman–Crippen LogP) is 6.43. The van der Waals surface area contributed by atoms with Crippen molar-refractivity contribution >= 4 is 11.4 Å². The third-order valence-electron chi connectivity index (χ3n) is 6.22. The molecule has 0 amide bonds. The Bertz CT molecular complexity index is 1210. The summed E-state index contributed by atoms with van der Waals surface area (Å²) in [5.41, 5.74) is 3.97. The molecule has 0 aromatic heterocycles. The van der Waals surface area contributed by atoms with Gasteiger partial charge in [0, 0.05) is 35.6 Å². The van der Waals surface area contributed by atoms with E-state index in [1.807, 2.05) is 0 Å². The molecular weight excluding hydrogens is 453 g/mol. The van der Waals surface area contributed by atoms with Gasteiger partial charge < -0.3 is 9.47 Å². The number of benzene rings is 3. The second kappa shape index (κ2) is 10.3. The molecule has 3 aromatic carbocycles. The van der Waals surface area contributed by atoms with Crippen LogP contribution in [-0.4, -0.2) is 24.5 Å². The molecular formula is C28H25F3N2O2. The van der Waals surface area contributed by atoms with Crippen molar-refractivity contribution in [2.24, 2.45) is 9.98 Å². The number of hydrogen-bond donors (Lipinski definition) is 0. The first-order valence-electron chi connectivity index (χ1n) is 11.8. The number of aliphatic imine (C=N–C) groups is 2. The van der Waals surface area contributed by atoms with Gasteiger partial charge in [-0.3, -0.25) is 9.98 Å². The van der Waals surface area contributed by atoms with Crippen LogP contribution >= 0.6 is 0 Å². The van der Waals surface area contributed by atoms with E-state index in [0.29, 0.717) is 11.1 Å². The third-order valence-corrected chi connectivity index (χ3v) is 6.22. The Kier molecular flexibility index (Phi) is 6.84. The quantitative estimate of drug-likeness (QED) is 0.375. The van der Waals surface area contributed by atoms with Crippen LogP contribution in [0.2, 0.25) is 0 Å². The molecule has 0 saturated carbocycles. The molecule has 2 aliphatic rings. The highest BCUT2D eigenvalue weighted by Crippen LogP contribution is 2.29. The summed E-state index contributed by atoms with van der Waals surface area (Å²) in [4.78, 5) is 8.77. The maximum absolute atomic E-state index is 14.9. The van der Waals surface area contributed by atoms with Crippen molar-refractivity contribution in [3.8, 4) is 11.5 Å². The van der Waals surface area contributed by atoms with Gasteiger partial charge in [0.1, 0.15) is 24.8 Å². The van der Waals surface area contributed by atoms with E-state index in [1.165, 1.54) is 24.3 Å². The second-order valence-corrected chi connectivity index (χ2v) is 8.62. The van der Waals surface area contributed by atoms with Gasteiger partial charge in [-0.15, -0.1) is 0 Å². The summed E-state index contributed by atoms with van der Waals surface area (Å²) >= 11 is 0. The Balaban J connectivity index is 1.23. The van der Waals surface area contributed by atoms with Crippen molar-refractivity contribution in [2.45, 2.75) is 38.9 Å². The number of rotatable bonds is 8. The van der Waals surface area contributed by atoms with Gasteiger partial charge in [0.2, 0.25) is 5.82 Å². The highest BCUT2D eigenvalue weighted by atomic mass is 19.1. The molecule has 180 valence electrons. The monoisotopic (exact) mass is 478 g/mol. The Morgan fingerprint density at radius 2 is 1.14 bits per heavy atom. The third kappa shape index (κ3) is 5.24. The molecule has 0 atom stereocenters. The summed E-state index contributed by atoms with van der Waals surface area (Å²) in [6.45, 7) is 1.26. The van der Waals surface area contributed by atoms with Crippen LogP contribution in [0.3, 0.4) is 0 Å². The Labute approximate surface area is 202 Å². The predicted molar refractivity (Wildman–Crippen MR) is 129 cm³/mol. The second-order valence-electron chi connectivity index (χ2n) is 8.62. The van der Waals surface area contributed by atoms with Crippen LogP contribution in [0, 0.1) is 17.5 Å². The van der Waals surface area contributed by atoms with Crippen LogP contribution in [0.4, 0.5) is 13.2 Å². The van der Waals surface area contributed by atoms with Gasteiger partial charge in [-0.2, -0.15) is 4.39 Å². The van der Waals surface area contributed by atoms with Gasteiger partial charge >= 0.3 is 0 Å². The lowest BCUT2D eigenvalue weighted by Gasteiger charge is -2.13. The van der Waals surface area contributed by atoms with Crippen molar-refractivity contribution in [3.05, 3.63) is 94.3 Å². The van der Waals surface area contributed by atoms with Gasteiger partial charge in [-0.05, 0) is 61.1 Å². The molecule has 0 fully saturated rings. The molecule has 0 spiro atoms. The fourth-order valence-corrected chi connectivity index (χ4v) is 4.26. The van der Waals surface area contributed by atoms with E-state index in [1.54, 1.807) is 30.3 Å². The molecule has 3 aromatic rings. The largest absolute Gasteiger partial charge is 0.486 e. The zero-order valence-electron chi connectivity index (χ0n) is 19.2. The van der Waals surface area contributed by atoms with Crippen LogP contribution < -0.4 is 9.47 Å². The van der Waals surface area contributed by atoms with E-state index in [0.717, 1.165) is 61.3 Å². The van der Waals surface area contributed by atoms with Crippen LogP contribution in [0.5, 0.6) is 11.5 Å². The molecule has 0 radical (unpaired) electrons. The summed E-state index contributed by atoms with van der Waals surface area (Å²) in [5.74, 6) is -1.70. The van der Waals surface area contributed by atoms with Crippen molar-refractivity contribution in [3.63, 3.8) is 0 Å². The Morgan fingerprint density at radius 3 is 1.54 bits per heavy atom. The normalized spacial score (nSPS) is 15.2. The SMILES string of the molecule is Fc1cc(C2=NCCC2)ccc1COc1cccc(OCc2ccc(C3=NCCC3)cc2F)c1F. The van der Waals surface area contributed by atoms with Gasteiger partial charge in [0.25, 0.3) is 0 Å². The van der Waals surface area contributed by atoms with E-state index in [9.17, 15) is 13.2 Å². The van der Waals surface area contributed by atoms with Crippen LogP contribution in [0.25, 0.3) is 0 Å². The van der Waals surface area contributed by atoms with Gasteiger partial charge in [-0.25, -0.2) is 8.78 Å². The summed E-state index contributed by atoms with van der Waals surface area (Å²) < 4.78 is 55.2. The summed E-state index contributed by atoms with van der Waals surface area (Å²) in [6.07, 6.45) is 3.65. The molecule has 0 bridgehead atoms. The first kappa shape index (κ1) is 23.1. The van der Waals surface area contributed by atoms with E-state index >= 15 is 0 Å². The standard InChI is InChI=1S/C28H25F3N2O2/c29-22-14-18(24-4-2-12-32-24)8-10-20(22)16-34-26-6-1-7-27(28(26)31)35-17-21-11-9-19(15-23(21)30)25-5-3-13-33-25/h1,6-11,14-15H,2-5,12-13,16-17H2. The smallest absolute Gasteiger partial charge is 0.206 e. The first-order valence-corrected chi connectivity index (χ1v) is 11.8. The lowest BCUT2D eigenvalue weighted by atomic mass is 10.1. The molecule has 0 unspecified atom stereocenters. The van der Waals surface area contributed by atoms with E-state index < -0.39 is 17.5 Å². The maximum atomic E-state index is 14.9. The lowest BCUT2D eigenvalue weighted by molar-refractivity contribution is 0.258. The topological polar surface area (TPSA) is 43.2 Å².